The molecule has 4 nitrogen and oxygen atoms in total. The molecule has 4 heteroatoms. The Hall–Kier alpha value is -1.58. The number of hydrogen-bond donors (Lipinski definition) is 1. The molecule has 0 bridgehead atoms. The van der Waals surface area contributed by atoms with Gasteiger partial charge in [0.25, 0.3) is 5.91 Å². The Morgan fingerprint density at radius 3 is 2.29 bits per heavy atom. The van der Waals surface area contributed by atoms with Crippen LogP contribution >= 0.6 is 0 Å². The molecule has 1 atom stereocenters. The fourth-order valence-electron chi connectivity index (χ4n) is 1.93. The van der Waals surface area contributed by atoms with E-state index in [4.69, 9.17) is 0 Å². The molecule has 0 aliphatic carbocycles. The van der Waals surface area contributed by atoms with Crippen LogP contribution in [-0.2, 0) is 4.79 Å². The highest BCUT2D eigenvalue weighted by Gasteiger charge is 2.10. The van der Waals surface area contributed by atoms with Crippen molar-refractivity contribution in [2.75, 3.05) is 7.05 Å². The smallest absolute Gasteiger partial charge is 0.276 e. The van der Waals surface area contributed by atoms with Gasteiger partial charge in [-0.1, -0.05) is 39.7 Å². The molecule has 1 N–H and O–H groups in total. The van der Waals surface area contributed by atoms with Gasteiger partial charge < -0.3 is 10.2 Å². The molecule has 1 unspecified atom stereocenters. The van der Waals surface area contributed by atoms with Crippen LogP contribution < -0.4 is 5.32 Å². The zero-order valence-corrected chi connectivity index (χ0v) is 17.3. The zero-order chi connectivity index (χ0) is 19.1. The van der Waals surface area contributed by atoms with Gasteiger partial charge in [-0.2, -0.15) is 4.99 Å². The van der Waals surface area contributed by atoms with Crippen LogP contribution in [0.15, 0.2) is 28.4 Å². The Balaban J connectivity index is 0. The highest BCUT2D eigenvalue weighted by Crippen LogP contribution is 2.08. The van der Waals surface area contributed by atoms with E-state index in [0.29, 0.717) is 11.6 Å². The summed E-state index contributed by atoms with van der Waals surface area (Å²) < 4.78 is 0. The number of rotatable bonds is 9. The second kappa shape index (κ2) is 15.0. The number of amides is 1. The summed E-state index contributed by atoms with van der Waals surface area (Å²) in [5.74, 6) is -0.198. The number of allylic oxidation sites excluding steroid dienone is 2. The van der Waals surface area contributed by atoms with Gasteiger partial charge in [-0.15, -0.1) is 0 Å². The van der Waals surface area contributed by atoms with Gasteiger partial charge in [-0.3, -0.25) is 4.79 Å². The molecule has 0 aromatic heterocycles. The van der Waals surface area contributed by atoms with Gasteiger partial charge in [0.15, 0.2) is 0 Å². The largest absolute Gasteiger partial charge is 0.383 e. The standard InChI is InChI=1S/C18H33N3O.C2H6/c1-8-10-12-15(5)21(7)13-19-18(22)16(6)17(11-9-2)20-14(3)4;1-2/h9,11,13-15,20H,8,10,12H2,1-7H3;1-2H3/b11-9-,17-16-,19-13?;. The van der Waals surface area contributed by atoms with E-state index in [1.807, 2.05) is 65.6 Å². The van der Waals surface area contributed by atoms with Crippen LogP contribution in [0.1, 0.15) is 74.7 Å². The first kappa shape index (κ1) is 24.7. The van der Waals surface area contributed by atoms with Crippen molar-refractivity contribution in [2.45, 2.75) is 86.7 Å². The van der Waals surface area contributed by atoms with E-state index in [1.165, 1.54) is 12.8 Å². The molecule has 0 saturated carbocycles. The van der Waals surface area contributed by atoms with Gasteiger partial charge in [0, 0.05) is 30.4 Å². The van der Waals surface area contributed by atoms with Crippen molar-refractivity contribution in [3.63, 3.8) is 0 Å². The summed E-state index contributed by atoms with van der Waals surface area (Å²) in [6.07, 6.45) is 8.97. The minimum absolute atomic E-state index is 0.198. The van der Waals surface area contributed by atoms with E-state index in [9.17, 15) is 4.79 Å². The predicted molar refractivity (Wildman–Crippen MR) is 107 cm³/mol. The van der Waals surface area contributed by atoms with Gasteiger partial charge in [0.1, 0.15) is 0 Å². The molecular weight excluding hydrogens is 298 g/mol. The van der Waals surface area contributed by atoms with Gasteiger partial charge in [0.2, 0.25) is 0 Å². The Kier molecular flexibility index (Phi) is 15.4. The van der Waals surface area contributed by atoms with Crippen molar-refractivity contribution < 1.29 is 4.79 Å². The third-order valence-electron chi connectivity index (χ3n) is 3.53. The summed E-state index contributed by atoms with van der Waals surface area (Å²) in [6, 6.07) is 0.666. The SMILES string of the molecule is C/C=C\C(NC(C)C)=C(/C)C(=O)N=CN(C)C(C)CCCC.CC. The summed E-state index contributed by atoms with van der Waals surface area (Å²) in [4.78, 5) is 18.3. The Bertz CT molecular complexity index is 423. The molecule has 0 aliphatic heterocycles. The number of carbonyl (C=O) groups is 1. The summed E-state index contributed by atoms with van der Waals surface area (Å²) in [5.41, 5.74) is 1.47. The highest BCUT2D eigenvalue weighted by atomic mass is 16.1. The van der Waals surface area contributed by atoms with Gasteiger partial charge in [-0.25, -0.2) is 0 Å². The molecule has 0 saturated heterocycles. The molecule has 0 aliphatic rings. The van der Waals surface area contributed by atoms with E-state index < -0.39 is 0 Å². The van der Waals surface area contributed by atoms with Crippen molar-refractivity contribution in [3.05, 3.63) is 23.4 Å². The normalized spacial score (nSPS) is 13.6. The van der Waals surface area contributed by atoms with Gasteiger partial charge >= 0.3 is 0 Å². The number of nitrogens with zero attached hydrogens (tertiary/aromatic N) is 2. The molecule has 0 aromatic carbocycles. The number of carbonyl (C=O) groups excluding carboxylic acids is 1. The maximum Gasteiger partial charge on any atom is 0.276 e. The van der Waals surface area contributed by atoms with Crippen LogP contribution in [0.2, 0.25) is 0 Å². The molecule has 0 heterocycles. The lowest BCUT2D eigenvalue weighted by molar-refractivity contribution is -0.114. The Labute approximate surface area is 150 Å². The van der Waals surface area contributed by atoms with E-state index >= 15 is 0 Å². The molecule has 140 valence electrons. The second-order valence-corrected chi connectivity index (χ2v) is 6.04. The van der Waals surface area contributed by atoms with Crippen molar-refractivity contribution in [1.29, 1.82) is 0 Å². The lowest BCUT2D eigenvalue weighted by atomic mass is 10.1. The first-order chi connectivity index (χ1) is 11.3. The average molecular weight is 338 g/mol. The summed E-state index contributed by atoms with van der Waals surface area (Å²) >= 11 is 0. The monoisotopic (exact) mass is 337 g/mol. The fraction of sp³-hybridized carbons (Fsp3) is 0.700. The maximum atomic E-state index is 12.2. The summed E-state index contributed by atoms with van der Waals surface area (Å²) in [7, 11) is 1.97. The number of nitrogens with one attached hydrogen (secondary N) is 1. The average Bonchev–Trinajstić information content (AvgIpc) is 2.57. The maximum absolute atomic E-state index is 12.2. The van der Waals surface area contributed by atoms with Crippen LogP contribution in [0.3, 0.4) is 0 Å². The van der Waals surface area contributed by atoms with Crippen molar-refractivity contribution in [1.82, 2.24) is 10.2 Å². The van der Waals surface area contributed by atoms with E-state index in [1.54, 1.807) is 6.34 Å². The number of unbranched alkanes of at least 4 members (excludes halogenated alkanes) is 1. The first-order valence-corrected chi connectivity index (χ1v) is 9.23. The third-order valence-corrected chi connectivity index (χ3v) is 3.53. The molecule has 0 fully saturated rings. The molecule has 0 aromatic rings. The fourth-order valence-corrected chi connectivity index (χ4v) is 1.93. The quantitative estimate of drug-likeness (QED) is 0.281. The van der Waals surface area contributed by atoms with Crippen molar-refractivity contribution in [2.24, 2.45) is 4.99 Å². The molecule has 0 rings (SSSR count). The van der Waals surface area contributed by atoms with E-state index in [-0.39, 0.29) is 11.9 Å². The molecule has 0 radical (unpaired) electrons. The lowest BCUT2D eigenvalue weighted by Gasteiger charge is -2.21. The minimum atomic E-state index is -0.198. The van der Waals surface area contributed by atoms with Gasteiger partial charge in [0.05, 0.1) is 6.34 Å². The number of aliphatic imine (C=N–C) groups is 1. The third kappa shape index (κ3) is 11.0. The molecule has 1 amide bonds. The molecule has 24 heavy (non-hydrogen) atoms. The summed E-state index contributed by atoms with van der Waals surface area (Å²) in [5, 5.41) is 3.28. The topological polar surface area (TPSA) is 44.7 Å². The van der Waals surface area contributed by atoms with Crippen LogP contribution in [0, 0.1) is 0 Å². The Morgan fingerprint density at radius 2 is 1.83 bits per heavy atom. The Morgan fingerprint density at radius 1 is 1.25 bits per heavy atom. The van der Waals surface area contributed by atoms with E-state index in [2.05, 4.69) is 24.2 Å². The van der Waals surface area contributed by atoms with Crippen molar-refractivity contribution in [3.8, 4) is 0 Å². The van der Waals surface area contributed by atoms with E-state index in [0.717, 1.165) is 12.1 Å². The van der Waals surface area contributed by atoms with Crippen LogP contribution in [0.4, 0.5) is 0 Å². The van der Waals surface area contributed by atoms with Crippen LogP contribution in [0.5, 0.6) is 0 Å². The first-order valence-electron chi connectivity index (χ1n) is 9.23. The molecular formula is C20H39N3O. The van der Waals surface area contributed by atoms with Crippen LogP contribution in [0.25, 0.3) is 0 Å². The predicted octanol–water partition coefficient (Wildman–Crippen LogP) is 4.93. The minimum Gasteiger partial charge on any atom is -0.383 e. The van der Waals surface area contributed by atoms with Gasteiger partial charge in [-0.05, 0) is 47.1 Å². The summed E-state index contributed by atoms with van der Waals surface area (Å²) in [6.45, 7) is 16.2. The van der Waals surface area contributed by atoms with Crippen LogP contribution in [-0.4, -0.2) is 36.3 Å². The highest BCUT2D eigenvalue weighted by molar-refractivity contribution is 5.98. The zero-order valence-electron chi connectivity index (χ0n) is 17.3. The molecule has 0 spiro atoms. The number of hydrogen-bond acceptors (Lipinski definition) is 2. The lowest BCUT2D eigenvalue weighted by Crippen LogP contribution is -2.28. The second-order valence-electron chi connectivity index (χ2n) is 6.04. The van der Waals surface area contributed by atoms with Crippen molar-refractivity contribution >= 4 is 12.2 Å².